The Bertz CT molecular complexity index is 1860. The van der Waals surface area contributed by atoms with Gasteiger partial charge in [0, 0.05) is 25.7 Å². The maximum absolute atomic E-state index is 13.1. The number of phosphoric ester groups is 2. The zero-order valence-electron chi connectivity index (χ0n) is 63.2. The van der Waals surface area contributed by atoms with Crippen molar-refractivity contribution in [2.75, 3.05) is 39.6 Å². The van der Waals surface area contributed by atoms with Gasteiger partial charge in [0.2, 0.25) is 0 Å². The average molecular weight is 1420 g/mol. The summed E-state index contributed by atoms with van der Waals surface area (Å²) in [6.07, 6.45) is 61.0. The number of aliphatic hydroxyl groups is 1. The lowest BCUT2D eigenvalue weighted by Gasteiger charge is -2.21. The van der Waals surface area contributed by atoms with E-state index in [0.29, 0.717) is 25.7 Å². The minimum absolute atomic E-state index is 0.108. The van der Waals surface area contributed by atoms with Crippen LogP contribution in [-0.2, 0) is 65.4 Å². The first-order valence-corrected chi connectivity index (χ1v) is 43.7. The van der Waals surface area contributed by atoms with Gasteiger partial charge in [-0.3, -0.25) is 37.3 Å². The van der Waals surface area contributed by atoms with Gasteiger partial charge in [0.05, 0.1) is 26.4 Å². The van der Waals surface area contributed by atoms with Crippen molar-refractivity contribution in [1.29, 1.82) is 0 Å². The molecule has 6 atom stereocenters. The predicted molar refractivity (Wildman–Crippen MR) is 395 cm³/mol. The first-order chi connectivity index (χ1) is 47.1. The number of carbonyl (C=O) groups is 4. The first kappa shape index (κ1) is 95.1. The van der Waals surface area contributed by atoms with E-state index in [1.54, 1.807) is 0 Å². The monoisotopic (exact) mass is 1420 g/mol. The van der Waals surface area contributed by atoms with E-state index in [9.17, 15) is 43.2 Å². The lowest BCUT2D eigenvalue weighted by Crippen LogP contribution is -2.30. The molecule has 0 aliphatic rings. The van der Waals surface area contributed by atoms with Gasteiger partial charge in [0.1, 0.15) is 19.3 Å². The third-order valence-electron chi connectivity index (χ3n) is 18.6. The van der Waals surface area contributed by atoms with Crippen LogP contribution in [0.1, 0.15) is 413 Å². The number of aliphatic hydroxyl groups excluding tert-OH is 1. The summed E-state index contributed by atoms with van der Waals surface area (Å²) in [5, 5.41) is 10.6. The number of hydrogen-bond donors (Lipinski definition) is 3. The highest BCUT2D eigenvalue weighted by Crippen LogP contribution is 2.45. The summed E-state index contributed by atoms with van der Waals surface area (Å²) in [7, 11) is -9.91. The number of rotatable bonds is 78. The second-order valence-corrected chi connectivity index (χ2v) is 31.3. The maximum atomic E-state index is 13.1. The normalized spacial score (nSPS) is 14.2. The molecule has 3 unspecified atom stereocenters. The molecule has 0 heterocycles. The Morgan fingerprint density at radius 2 is 0.495 bits per heavy atom. The summed E-state index contributed by atoms with van der Waals surface area (Å²) in [5.74, 6) is -1.24. The van der Waals surface area contributed by atoms with Crippen molar-refractivity contribution in [2.24, 2.45) is 5.92 Å². The first-order valence-electron chi connectivity index (χ1n) is 40.7. The molecule has 0 amide bonds. The molecule has 0 aliphatic heterocycles. The molecule has 0 radical (unpaired) electrons. The summed E-state index contributed by atoms with van der Waals surface area (Å²) in [5.41, 5.74) is 0. The van der Waals surface area contributed by atoms with Gasteiger partial charge in [-0.1, -0.05) is 362 Å². The SMILES string of the molecule is CCCCCCCCCCCCCCCCCC(=O)OC[C@H](COP(=O)(O)OC[C@@H](O)COP(=O)(O)OC[C@@H](COC(=O)CCCCCCCCCC)OC(=O)CCCCCCCCCCCCCC)OC(=O)CCCCCCCCCCCCCCCCCCCCC(C)CC. The molecule has 97 heavy (non-hydrogen) atoms. The van der Waals surface area contributed by atoms with Crippen LogP contribution < -0.4 is 0 Å². The molecule has 0 rings (SSSR count). The van der Waals surface area contributed by atoms with E-state index in [0.717, 1.165) is 102 Å². The molecular formula is C78H152O17P2. The van der Waals surface area contributed by atoms with Crippen molar-refractivity contribution in [2.45, 2.75) is 432 Å². The molecule has 3 N–H and O–H groups in total. The fraction of sp³-hybridized carbons (Fsp3) is 0.949. The molecule has 0 aromatic heterocycles. The Balaban J connectivity index is 5.17. The quantitative estimate of drug-likeness (QED) is 0.0222. The van der Waals surface area contributed by atoms with Crippen molar-refractivity contribution in [3.05, 3.63) is 0 Å². The average Bonchev–Trinajstić information content (AvgIpc) is 1.01. The number of carbonyl (C=O) groups excluding carboxylic acids is 4. The Hall–Kier alpha value is -1.94. The van der Waals surface area contributed by atoms with Gasteiger partial charge in [-0.25, -0.2) is 9.13 Å². The molecule has 0 bridgehead atoms. The number of hydrogen-bond acceptors (Lipinski definition) is 15. The number of ether oxygens (including phenoxy) is 4. The Labute approximate surface area is 594 Å². The third kappa shape index (κ3) is 70.9. The van der Waals surface area contributed by atoms with Gasteiger partial charge in [-0.15, -0.1) is 0 Å². The minimum Gasteiger partial charge on any atom is -0.462 e. The van der Waals surface area contributed by atoms with Crippen molar-refractivity contribution in [3.8, 4) is 0 Å². The summed E-state index contributed by atoms with van der Waals surface area (Å²) < 4.78 is 68.5. The highest BCUT2D eigenvalue weighted by atomic mass is 31.2. The largest absolute Gasteiger partial charge is 0.472 e. The summed E-state index contributed by atoms with van der Waals surface area (Å²) >= 11 is 0. The van der Waals surface area contributed by atoms with Crippen molar-refractivity contribution >= 4 is 39.5 Å². The van der Waals surface area contributed by atoms with E-state index in [2.05, 4.69) is 34.6 Å². The second kappa shape index (κ2) is 71.1. The molecule has 0 saturated heterocycles. The van der Waals surface area contributed by atoms with Crippen LogP contribution in [0, 0.1) is 5.92 Å². The predicted octanol–water partition coefficient (Wildman–Crippen LogP) is 23.3. The lowest BCUT2D eigenvalue weighted by molar-refractivity contribution is -0.161. The standard InChI is InChI=1S/C78H152O17P2/c1-6-10-13-16-19-22-24-26-31-35-39-42-47-52-57-62-76(81)89-68-74(95-78(83)64-59-54-49-44-40-36-33-30-28-27-29-32-34-37-41-45-50-55-60-71(5)9-4)70-93-97(86,87)91-66-72(79)65-90-96(84,85)92-69-73(67-88-75(80)61-56-51-46-21-18-15-12-8-3)94-77(82)63-58-53-48-43-38-25-23-20-17-14-11-7-2/h71-74,79H,6-70H2,1-5H3,(H,84,85)(H,86,87)/t71?,72-,73+,74+/m0/s1. The van der Waals surface area contributed by atoms with E-state index in [1.165, 1.54) is 231 Å². The van der Waals surface area contributed by atoms with Crippen molar-refractivity contribution in [3.63, 3.8) is 0 Å². The highest BCUT2D eigenvalue weighted by molar-refractivity contribution is 7.47. The fourth-order valence-electron chi connectivity index (χ4n) is 12.0. The number of phosphoric acid groups is 2. The van der Waals surface area contributed by atoms with Gasteiger partial charge in [-0.05, 0) is 31.6 Å². The smallest absolute Gasteiger partial charge is 0.462 e. The summed E-state index contributed by atoms with van der Waals surface area (Å²) in [6.45, 7) is 7.35. The molecule has 0 aromatic rings. The molecule has 19 heteroatoms. The van der Waals surface area contributed by atoms with Crippen LogP contribution in [0.3, 0.4) is 0 Å². The van der Waals surface area contributed by atoms with Crippen LogP contribution >= 0.6 is 15.6 Å². The molecule has 17 nitrogen and oxygen atoms in total. The zero-order chi connectivity index (χ0) is 71.2. The van der Waals surface area contributed by atoms with Crippen LogP contribution in [-0.4, -0.2) is 96.7 Å². The van der Waals surface area contributed by atoms with Crippen LogP contribution in [0.25, 0.3) is 0 Å². The topological polar surface area (TPSA) is 237 Å². The zero-order valence-corrected chi connectivity index (χ0v) is 65.0. The molecular weight excluding hydrogens is 1270 g/mol. The molecule has 0 fully saturated rings. The number of esters is 4. The van der Waals surface area contributed by atoms with E-state index in [4.69, 9.17) is 37.0 Å². The molecule has 0 spiro atoms. The lowest BCUT2D eigenvalue weighted by atomic mass is 9.99. The van der Waals surface area contributed by atoms with Crippen LogP contribution in [0.15, 0.2) is 0 Å². The minimum atomic E-state index is -4.96. The van der Waals surface area contributed by atoms with E-state index in [-0.39, 0.29) is 25.7 Å². The van der Waals surface area contributed by atoms with E-state index >= 15 is 0 Å². The van der Waals surface area contributed by atoms with Gasteiger partial charge in [-0.2, -0.15) is 0 Å². The van der Waals surface area contributed by atoms with Crippen LogP contribution in [0.4, 0.5) is 0 Å². The van der Waals surface area contributed by atoms with Gasteiger partial charge >= 0.3 is 39.5 Å². The van der Waals surface area contributed by atoms with Gasteiger partial charge < -0.3 is 33.8 Å². The van der Waals surface area contributed by atoms with Crippen LogP contribution in [0.2, 0.25) is 0 Å². The second-order valence-electron chi connectivity index (χ2n) is 28.3. The summed E-state index contributed by atoms with van der Waals surface area (Å²) in [6, 6.07) is 0. The maximum Gasteiger partial charge on any atom is 0.472 e. The number of unbranched alkanes of at least 4 members (excludes halogenated alkanes) is 49. The summed E-state index contributed by atoms with van der Waals surface area (Å²) in [4.78, 5) is 72.8. The van der Waals surface area contributed by atoms with E-state index < -0.39 is 97.5 Å². The van der Waals surface area contributed by atoms with Crippen molar-refractivity contribution in [1.82, 2.24) is 0 Å². The van der Waals surface area contributed by atoms with Gasteiger partial charge in [0.15, 0.2) is 12.2 Å². The Kier molecular flexibility index (Phi) is 69.6. The van der Waals surface area contributed by atoms with Crippen molar-refractivity contribution < 1.29 is 80.2 Å². The van der Waals surface area contributed by atoms with Gasteiger partial charge in [0.25, 0.3) is 0 Å². The third-order valence-corrected chi connectivity index (χ3v) is 20.5. The molecule has 0 saturated carbocycles. The molecule has 0 aromatic carbocycles. The molecule has 576 valence electrons. The van der Waals surface area contributed by atoms with Crippen LogP contribution in [0.5, 0.6) is 0 Å². The highest BCUT2D eigenvalue weighted by Gasteiger charge is 2.30. The fourth-order valence-corrected chi connectivity index (χ4v) is 13.6. The molecule has 0 aliphatic carbocycles. The Morgan fingerprint density at radius 1 is 0.289 bits per heavy atom. The van der Waals surface area contributed by atoms with E-state index in [1.807, 2.05) is 0 Å². The Morgan fingerprint density at radius 3 is 0.732 bits per heavy atom.